The average Bonchev–Trinajstić information content (AvgIpc) is 3.77. The molecule has 0 aromatic heterocycles. The van der Waals surface area contributed by atoms with Gasteiger partial charge in [0.25, 0.3) is 0 Å². The number of Topliss-reactive ketones (excluding diaryl/α,β-unsaturated/α-hetero) is 1. The van der Waals surface area contributed by atoms with Crippen LogP contribution in [0.2, 0.25) is 0 Å². The van der Waals surface area contributed by atoms with Crippen molar-refractivity contribution in [1.29, 1.82) is 0 Å². The predicted molar refractivity (Wildman–Crippen MR) is 186 cm³/mol. The third-order valence-corrected chi connectivity index (χ3v) is 9.60. The fourth-order valence-corrected chi connectivity index (χ4v) is 5.98. The highest BCUT2D eigenvalue weighted by Crippen LogP contribution is 2.44. The molecule has 0 radical (unpaired) electrons. The van der Waals surface area contributed by atoms with Gasteiger partial charge in [-0.25, -0.2) is 0 Å². The van der Waals surface area contributed by atoms with Gasteiger partial charge in [-0.05, 0) is 55.1 Å². The molecule has 2 unspecified atom stereocenters. The van der Waals surface area contributed by atoms with Gasteiger partial charge in [-0.3, -0.25) is 33.6 Å². The first-order valence-electron chi connectivity index (χ1n) is 17.2. The molecule has 0 spiro atoms. The van der Waals surface area contributed by atoms with Crippen molar-refractivity contribution in [2.24, 2.45) is 29.6 Å². The van der Waals surface area contributed by atoms with Crippen LogP contribution < -0.4 is 21.3 Å². The van der Waals surface area contributed by atoms with Crippen molar-refractivity contribution in [2.75, 3.05) is 0 Å². The van der Waals surface area contributed by atoms with Crippen molar-refractivity contribution in [1.82, 2.24) is 21.3 Å². The molecule has 276 valence electrons. The smallest absolute Gasteiger partial charge is 0.309 e. The van der Waals surface area contributed by atoms with Crippen LogP contribution >= 0.6 is 0 Å². The van der Waals surface area contributed by atoms with E-state index in [4.69, 9.17) is 0 Å². The van der Waals surface area contributed by atoms with Crippen molar-refractivity contribution in [3.05, 3.63) is 48.0 Å². The summed E-state index contributed by atoms with van der Waals surface area (Å²) in [6.45, 7) is 16.1. The number of hydrogen-bond donors (Lipinski definition) is 6. The van der Waals surface area contributed by atoms with Gasteiger partial charge in [-0.1, -0.05) is 84.9 Å². The molecule has 6 N–H and O–H groups in total. The van der Waals surface area contributed by atoms with E-state index in [-0.39, 0.29) is 43.9 Å². The highest BCUT2D eigenvalue weighted by molar-refractivity contribution is 6.00. The van der Waals surface area contributed by atoms with Crippen molar-refractivity contribution in [3.63, 3.8) is 0 Å². The molecule has 0 saturated heterocycles. The van der Waals surface area contributed by atoms with Crippen LogP contribution in [0.15, 0.2) is 42.5 Å². The molecule has 1 aliphatic rings. The number of carbonyl (C=O) groups excluding carboxylic acids is 5. The van der Waals surface area contributed by atoms with E-state index in [0.717, 1.165) is 5.56 Å². The van der Waals surface area contributed by atoms with E-state index >= 15 is 0 Å². The van der Waals surface area contributed by atoms with Crippen molar-refractivity contribution >= 4 is 41.4 Å². The Hall–Kier alpha value is -4.55. The van der Waals surface area contributed by atoms with E-state index in [0.29, 0.717) is 12.0 Å². The molecule has 4 amide bonds. The third-order valence-electron chi connectivity index (χ3n) is 9.60. The Morgan fingerprint density at radius 2 is 1.52 bits per heavy atom. The van der Waals surface area contributed by atoms with Crippen LogP contribution in [0.5, 0.6) is 0 Å². The van der Waals surface area contributed by atoms with Crippen LogP contribution in [0, 0.1) is 29.6 Å². The summed E-state index contributed by atoms with van der Waals surface area (Å²) in [5.41, 5.74) is -0.319. The molecule has 50 heavy (non-hydrogen) atoms. The number of rotatable bonds is 21. The number of ketones is 1. The van der Waals surface area contributed by atoms with Crippen LogP contribution in [-0.2, 0) is 40.0 Å². The van der Waals surface area contributed by atoms with Gasteiger partial charge in [0.05, 0.1) is 5.92 Å². The summed E-state index contributed by atoms with van der Waals surface area (Å²) >= 11 is 0. The topological polar surface area (TPSA) is 208 Å². The van der Waals surface area contributed by atoms with Crippen LogP contribution in [0.25, 0.3) is 0 Å². The summed E-state index contributed by atoms with van der Waals surface area (Å²) in [5.74, 6) is -7.48. The molecule has 1 aromatic rings. The van der Waals surface area contributed by atoms with Crippen LogP contribution in [-0.4, -0.2) is 75.2 Å². The standard InChI is InChI=1S/C37H54N4O9/c1-9-22(6)27(15-16-30(44)45)33(46)39-31(21(4)5)34(47)40-32(23(7)20(2)3)35(48)38-26(17-25-13-11-10-12-14-25)18-29(43)41-37(24(8)42)19-28(37)36(49)50/h10-14,20-22,26-28,31-32H,7,9,15-19H2,1-6,8H3,(H,38,48)(H,39,46)(H,40,47)(H,41,43)(H,44,45)(H,49,50)/t22?,26-,27+,28-,31-,32-,37?/m0/s1. The zero-order valence-electron chi connectivity index (χ0n) is 30.2. The molecule has 1 aliphatic carbocycles. The molecule has 0 heterocycles. The summed E-state index contributed by atoms with van der Waals surface area (Å²) in [6.07, 6.45) is 0.447. The first kappa shape index (κ1) is 41.6. The van der Waals surface area contributed by atoms with Crippen molar-refractivity contribution in [3.8, 4) is 0 Å². The number of carboxylic acids is 2. The van der Waals surface area contributed by atoms with E-state index in [1.165, 1.54) is 6.92 Å². The predicted octanol–water partition coefficient (Wildman–Crippen LogP) is 3.02. The Kier molecular flexibility index (Phi) is 15.4. The minimum atomic E-state index is -1.50. The maximum absolute atomic E-state index is 14.0. The number of aliphatic carboxylic acids is 2. The Bertz CT molecular complexity index is 1430. The Morgan fingerprint density at radius 3 is 2.00 bits per heavy atom. The van der Waals surface area contributed by atoms with E-state index in [1.54, 1.807) is 39.8 Å². The van der Waals surface area contributed by atoms with Gasteiger partial charge >= 0.3 is 11.9 Å². The van der Waals surface area contributed by atoms with Crippen molar-refractivity contribution < 1.29 is 43.8 Å². The molecule has 13 nitrogen and oxygen atoms in total. The highest BCUT2D eigenvalue weighted by atomic mass is 16.4. The number of benzene rings is 1. The third kappa shape index (κ3) is 11.5. The number of carboxylic acid groups (broad SMARTS) is 2. The Labute approximate surface area is 294 Å². The summed E-state index contributed by atoms with van der Waals surface area (Å²) in [6, 6.07) is 5.95. The average molecular weight is 699 g/mol. The van der Waals surface area contributed by atoms with Gasteiger partial charge < -0.3 is 31.5 Å². The molecule has 0 aliphatic heterocycles. The molecule has 0 bridgehead atoms. The van der Waals surface area contributed by atoms with Crippen LogP contribution in [0.3, 0.4) is 0 Å². The lowest BCUT2D eigenvalue weighted by Crippen LogP contribution is -2.58. The molecular formula is C37H54N4O9. The van der Waals surface area contributed by atoms with E-state index in [1.807, 2.05) is 32.0 Å². The quantitative estimate of drug-likeness (QED) is 0.104. The van der Waals surface area contributed by atoms with Crippen molar-refractivity contribution in [2.45, 2.75) is 111 Å². The summed E-state index contributed by atoms with van der Waals surface area (Å²) in [7, 11) is 0. The summed E-state index contributed by atoms with van der Waals surface area (Å²) in [4.78, 5) is 89.5. The summed E-state index contributed by atoms with van der Waals surface area (Å²) < 4.78 is 0. The van der Waals surface area contributed by atoms with Gasteiger partial charge in [0.15, 0.2) is 5.78 Å². The molecule has 1 aromatic carbocycles. The van der Waals surface area contributed by atoms with Gasteiger partial charge in [-0.2, -0.15) is 0 Å². The largest absolute Gasteiger partial charge is 0.481 e. The normalized spacial score (nSPS) is 19.7. The van der Waals surface area contributed by atoms with Gasteiger partial charge in [0, 0.05) is 24.8 Å². The monoisotopic (exact) mass is 698 g/mol. The molecular weight excluding hydrogens is 644 g/mol. The lowest BCUT2D eigenvalue weighted by atomic mass is 9.86. The lowest BCUT2D eigenvalue weighted by Gasteiger charge is -2.30. The molecule has 7 atom stereocenters. The highest BCUT2D eigenvalue weighted by Gasteiger charge is 2.63. The number of nitrogens with one attached hydrogen (secondary N) is 4. The van der Waals surface area contributed by atoms with Gasteiger partial charge in [0.2, 0.25) is 23.6 Å². The molecule has 2 rings (SSSR count). The second-order valence-electron chi connectivity index (χ2n) is 14.1. The molecule has 13 heteroatoms. The minimum Gasteiger partial charge on any atom is -0.481 e. The Morgan fingerprint density at radius 1 is 0.900 bits per heavy atom. The van der Waals surface area contributed by atoms with E-state index in [2.05, 4.69) is 27.8 Å². The van der Waals surface area contributed by atoms with E-state index in [9.17, 15) is 43.8 Å². The number of amides is 4. The first-order chi connectivity index (χ1) is 23.3. The Balaban J connectivity index is 2.32. The second-order valence-corrected chi connectivity index (χ2v) is 14.1. The maximum Gasteiger partial charge on any atom is 0.309 e. The minimum absolute atomic E-state index is 0.0212. The number of carbonyl (C=O) groups is 7. The second kappa shape index (κ2) is 18.4. The molecule has 1 saturated carbocycles. The van der Waals surface area contributed by atoms with E-state index < -0.39 is 82.8 Å². The van der Waals surface area contributed by atoms with Gasteiger partial charge in [-0.15, -0.1) is 0 Å². The fraction of sp³-hybridized carbons (Fsp3) is 0.595. The molecule has 1 fully saturated rings. The lowest BCUT2D eigenvalue weighted by molar-refractivity contribution is -0.141. The first-order valence-corrected chi connectivity index (χ1v) is 17.2. The van der Waals surface area contributed by atoms with Crippen LogP contribution in [0.1, 0.15) is 86.1 Å². The van der Waals surface area contributed by atoms with Gasteiger partial charge in [0.1, 0.15) is 17.6 Å². The van der Waals surface area contributed by atoms with Crippen LogP contribution in [0.4, 0.5) is 0 Å². The number of hydrogen-bond acceptors (Lipinski definition) is 7. The maximum atomic E-state index is 14.0. The SMILES string of the molecule is C=C(C(C)C)[C@H](NC(=O)[C@@H](NC(=O)[C@H](CCC(=O)O)C(C)CC)C(C)C)C(=O)N[C@H](CC(=O)NC1(C(C)=O)C[C@H]1C(=O)O)Cc1ccccc1. The summed E-state index contributed by atoms with van der Waals surface area (Å²) in [5, 5.41) is 29.7. The zero-order valence-corrected chi connectivity index (χ0v) is 30.2. The zero-order chi connectivity index (χ0) is 37.9. The fourth-order valence-electron chi connectivity index (χ4n) is 5.98.